The largest absolute Gasteiger partial charge is 0.481 e. The van der Waals surface area contributed by atoms with Crippen molar-refractivity contribution < 1.29 is 58.2 Å². The highest BCUT2D eigenvalue weighted by Gasteiger charge is 2.30. The van der Waals surface area contributed by atoms with Crippen molar-refractivity contribution in [2.24, 2.45) is 11.5 Å². The summed E-state index contributed by atoms with van der Waals surface area (Å²) in [5.41, 5.74) is 11.1. The first-order valence-corrected chi connectivity index (χ1v) is 18.0. The van der Waals surface area contributed by atoms with Crippen molar-refractivity contribution in [3.05, 3.63) is 0 Å². The summed E-state index contributed by atoms with van der Waals surface area (Å²) in [5.74, 6) is -8.14. The molecular formula is C31H53N9O12S. The Hall–Kier alpha value is -4.83. The lowest BCUT2D eigenvalue weighted by atomic mass is 10.0. The molecule has 0 unspecified atom stereocenters. The third-order valence-corrected chi connectivity index (χ3v) is 8.11. The third-order valence-electron chi connectivity index (χ3n) is 7.30. The highest BCUT2D eigenvalue weighted by Crippen LogP contribution is 2.08. The molecule has 13 N–H and O–H groups in total. The molecule has 0 rings (SSSR count). The second-order valence-electron chi connectivity index (χ2n) is 11.7. The fourth-order valence-corrected chi connectivity index (χ4v) is 4.90. The second kappa shape index (κ2) is 27.8. The van der Waals surface area contributed by atoms with Crippen LogP contribution in [0.4, 0.5) is 0 Å². The summed E-state index contributed by atoms with van der Waals surface area (Å²) in [5, 5.41) is 35.0. The number of carboxylic acids is 2. The number of hydrogen-bond acceptors (Lipinski definition) is 13. The molecule has 0 saturated heterocycles. The van der Waals surface area contributed by atoms with Crippen LogP contribution in [0.3, 0.4) is 0 Å². The predicted molar refractivity (Wildman–Crippen MR) is 190 cm³/mol. The topological polar surface area (TPSA) is 347 Å². The molecule has 0 bridgehead atoms. The maximum absolute atomic E-state index is 13.4. The molecule has 0 radical (unpaired) electrons. The Bertz CT molecular complexity index is 1290. The Morgan fingerprint density at radius 1 is 0.566 bits per heavy atom. The molecule has 53 heavy (non-hydrogen) atoms. The van der Waals surface area contributed by atoms with E-state index in [-0.39, 0.29) is 36.7 Å². The first-order chi connectivity index (χ1) is 25.0. The van der Waals surface area contributed by atoms with Gasteiger partial charge in [0.05, 0.1) is 18.8 Å². The number of hydrogen-bond donors (Lipinski definition) is 11. The van der Waals surface area contributed by atoms with Gasteiger partial charge in [0.1, 0.15) is 24.2 Å². The van der Waals surface area contributed by atoms with Gasteiger partial charge in [0, 0.05) is 26.8 Å². The minimum atomic E-state index is -1.57. The van der Waals surface area contributed by atoms with E-state index in [0.717, 1.165) is 11.8 Å². The molecule has 300 valence electrons. The van der Waals surface area contributed by atoms with Gasteiger partial charge in [-0.05, 0) is 64.5 Å². The van der Waals surface area contributed by atoms with Gasteiger partial charge in [-0.3, -0.25) is 43.2 Å². The minimum Gasteiger partial charge on any atom is -0.481 e. The van der Waals surface area contributed by atoms with Crippen LogP contribution in [0.5, 0.6) is 0 Å². The molecule has 4 atom stereocenters. The molecule has 0 aromatic heterocycles. The SMILES string of the molecule is CNC(=O)[C@H](CCCCN)NC(=O)[C@@H](CCC(=O)O)NC(=O)[C@@H](CCCCN)NC(=O)CC[C@H](NC(=O)CNC(=O)CNC(=O)CSC(C)=O)C(=O)O. The smallest absolute Gasteiger partial charge is 0.326 e. The fourth-order valence-electron chi connectivity index (χ4n) is 4.46. The van der Waals surface area contributed by atoms with Crippen LogP contribution in [0.1, 0.15) is 71.1 Å². The highest BCUT2D eigenvalue weighted by atomic mass is 32.2. The van der Waals surface area contributed by atoms with Crippen LogP contribution in [-0.2, 0) is 47.9 Å². The number of carbonyl (C=O) groups is 10. The number of likely N-dealkylation sites (N-methyl/N-ethyl adjacent to an activating group) is 1. The Balaban J connectivity index is 5.46. The van der Waals surface area contributed by atoms with Crippen molar-refractivity contribution in [2.75, 3.05) is 39.0 Å². The second-order valence-corrected chi connectivity index (χ2v) is 12.8. The number of carboxylic acid groups (broad SMARTS) is 2. The monoisotopic (exact) mass is 775 g/mol. The molecule has 21 nitrogen and oxygen atoms in total. The number of aliphatic carboxylic acids is 2. The first kappa shape index (κ1) is 48.2. The molecule has 0 spiro atoms. The van der Waals surface area contributed by atoms with Crippen molar-refractivity contribution in [2.45, 2.75) is 95.3 Å². The molecule has 0 heterocycles. The first-order valence-electron chi connectivity index (χ1n) is 17.0. The van der Waals surface area contributed by atoms with Gasteiger partial charge in [-0.1, -0.05) is 11.8 Å². The summed E-state index contributed by atoms with van der Waals surface area (Å²) < 4.78 is 0. The number of amides is 7. The molecule has 7 amide bonds. The van der Waals surface area contributed by atoms with E-state index in [4.69, 9.17) is 11.5 Å². The Morgan fingerprint density at radius 3 is 1.53 bits per heavy atom. The quantitative estimate of drug-likeness (QED) is 0.0339. The van der Waals surface area contributed by atoms with Gasteiger partial charge in [0.25, 0.3) is 0 Å². The predicted octanol–water partition coefficient (Wildman–Crippen LogP) is -3.83. The Labute approximate surface area is 311 Å². The number of rotatable bonds is 28. The maximum Gasteiger partial charge on any atom is 0.326 e. The summed E-state index contributed by atoms with van der Waals surface area (Å²) in [4.78, 5) is 122. The molecule has 0 aliphatic heterocycles. The maximum atomic E-state index is 13.4. The zero-order chi connectivity index (χ0) is 40.3. The van der Waals surface area contributed by atoms with E-state index in [9.17, 15) is 58.2 Å². The summed E-state index contributed by atoms with van der Waals surface area (Å²) in [7, 11) is 1.38. The molecule has 0 saturated carbocycles. The van der Waals surface area contributed by atoms with E-state index in [0.29, 0.717) is 32.2 Å². The van der Waals surface area contributed by atoms with Crippen molar-refractivity contribution in [1.82, 2.24) is 37.2 Å². The van der Waals surface area contributed by atoms with Crippen LogP contribution in [-0.4, -0.2) is 132 Å². The van der Waals surface area contributed by atoms with E-state index in [2.05, 4.69) is 37.2 Å². The molecule has 0 aromatic carbocycles. The highest BCUT2D eigenvalue weighted by molar-refractivity contribution is 8.14. The van der Waals surface area contributed by atoms with Crippen LogP contribution >= 0.6 is 11.8 Å². The Kier molecular flexibility index (Phi) is 25.2. The summed E-state index contributed by atoms with van der Waals surface area (Å²) >= 11 is 0.743. The Morgan fingerprint density at radius 2 is 1.04 bits per heavy atom. The van der Waals surface area contributed by atoms with E-state index in [1.54, 1.807) is 0 Å². The van der Waals surface area contributed by atoms with Crippen molar-refractivity contribution in [3.8, 4) is 0 Å². The van der Waals surface area contributed by atoms with Crippen LogP contribution in [0.25, 0.3) is 0 Å². The zero-order valence-corrected chi connectivity index (χ0v) is 30.8. The van der Waals surface area contributed by atoms with Gasteiger partial charge >= 0.3 is 11.9 Å². The van der Waals surface area contributed by atoms with Crippen molar-refractivity contribution in [1.29, 1.82) is 0 Å². The number of thioether (sulfide) groups is 1. The number of carbonyl (C=O) groups excluding carboxylic acids is 8. The van der Waals surface area contributed by atoms with Gasteiger partial charge in [-0.2, -0.15) is 0 Å². The molecule has 0 aliphatic carbocycles. The van der Waals surface area contributed by atoms with Crippen LogP contribution in [0.2, 0.25) is 0 Å². The summed E-state index contributed by atoms with van der Waals surface area (Å²) in [6.07, 6.45) is 0.452. The lowest BCUT2D eigenvalue weighted by Crippen LogP contribution is -2.56. The van der Waals surface area contributed by atoms with Gasteiger partial charge in [0.2, 0.25) is 41.4 Å². The summed E-state index contributed by atoms with van der Waals surface area (Å²) in [6.45, 7) is 0.762. The number of unbranched alkanes of at least 4 members (excludes halogenated alkanes) is 2. The lowest BCUT2D eigenvalue weighted by Gasteiger charge is -2.25. The lowest BCUT2D eigenvalue weighted by molar-refractivity contribution is -0.142. The molecular weight excluding hydrogens is 722 g/mol. The van der Waals surface area contributed by atoms with Crippen LogP contribution in [0, 0.1) is 0 Å². The fraction of sp³-hybridized carbons (Fsp3) is 0.677. The van der Waals surface area contributed by atoms with E-state index < -0.39 is 110 Å². The standard InChI is InChI=1S/C31H53N9O12S/c1-18(41)53-17-26(45)36-15-24(43)35-16-25(44)38-22(31(51)52)9-11-23(42)37-20(8-4-6-14-33)29(49)40-21(10-12-27(46)47)30(50)39-19(28(48)34-2)7-3-5-13-32/h19-22H,3-17,32-33H2,1-2H3,(H,34,48)(H,35,43)(H,36,45)(H,37,42)(H,38,44)(H,39,50)(H,40,49)(H,46,47)(H,51,52)/t19-,20+,21+,22-/m0/s1. The van der Waals surface area contributed by atoms with Crippen molar-refractivity contribution in [3.63, 3.8) is 0 Å². The molecule has 0 aromatic rings. The van der Waals surface area contributed by atoms with E-state index >= 15 is 0 Å². The zero-order valence-electron chi connectivity index (χ0n) is 30.0. The third kappa shape index (κ3) is 23.4. The van der Waals surface area contributed by atoms with Crippen LogP contribution in [0.15, 0.2) is 0 Å². The van der Waals surface area contributed by atoms with Gasteiger partial charge in [0.15, 0.2) is 5.12 Å². The molecule has 0 aliphatic rings. The van der Waals surface area contributed by atoms with E-state index in [1.807, 2.05) is 0 Å². The molecule has 22 heteroatoms. The van der Waals surface area contributed by atoms with Gasteiger partial charge < -0.3 is 58.9 Å². The minimum absolute atomic E-state index is 0.0524. The number of nitrogens with two attached hydrogens (primary N) is 2. The number of nitrogens with one attached hydrogen (secondary N) is 7. The van der Waals surface area contributed by atoms with Gasteiger partial charge in [-0.25, -0.2) is 4.79 Å². The molecule has 0 fully saturated rings. The van der Waals surface area contributed by atoms with Crippen LogP contribution < -0.4 is 48.7 Å². The normalized spacial score (nSPS) is 12.8. The van der Waals surface area contributed by atoms with Gasteiger partial charge in [-0.15, -0.1) is 0 Å². The summed E-state index contributed by atoms with van der Waals surface area (Å²) in [6, 6.07) is -5.20. The van der Waals surface area contributed by atoms with Crippen molar-refractivity contribution >= 4 is 70.2 Å². The average Bonchev–Trinajstić information content (AvgIpc) is 3.10. The average molecular weight is 776 g/mol. The van der Waals surface area contributed by atoms with E-state index in [1.165, 1.54) is 14.0 Å².